The van der Waals surface area contributed by atoms with Gasteiger partial charge >= 0.3 is 0 Å². The molecular weight excluding hydrogens is 763 g/mol. The molecule has 14 rings (SSSR count). The summed E-state index contributed by atoms with van der Waals surface area (Å²) in [6.07, 6.45) is 0. The smallest absolute Gasteiger partial charge is 0.0562 e. The number of aromatic nitrogens is 3. The van der Waals surface area contributed by atoms with E-state index in [0.717, 1.165) is 5.69 Å². The largest absolute Gasteiger partial charge is 0.309 e. The molecule has 0 bridgehead atoms. The summed E-state index contributed by atoms with van der Waals surface area (Å²) >= 11 is 0. The van der Waals surface area contributed by atoms with E-state index in [0.29, 0.717) is 0 Å². The number of fused-ring (bicyclic) bond motifs is 12. The van der Waals surface area contributed by atoms with Crippen LogP contribution in [0.1, 0.15) is 0 Å². The molecule has 14 aromatic rings. The molecule has 3 heterocycles. The molecule has 0 saturated heterocycles. The van der Waals surface area contributed by atoms with Gasteiger partial charge in [0.05, 0.1) is 38.8 Å². The second kappa shape index (κ2) is 13.1. The summed E-state index contributed by atoms with van der Waals surface area (Å²) < 4.78 is 7.37. The molecule has 0 aliphatic carbocycles. The van der Waals surface area contributed by atoms with Gasteiger partial charge in [-0.15, -0.1) is 0 Å². The third-order valence-corrected chi connectivity index (χ3v) is 13.6. The Bertz CT molecular complexity index is 4210. The zero-order chi connectivity index (χ0) is 41.2. The molecule has 0 radical (unpaired) electrons. The monoisotopic (exact) mass is 799 g/mol. The number of hydrogen-bond donors (Lipinski definition) is 0. The van der Waals surface area contributed by atoms with Crippen molar-refractivity contribution in [3.8, 4) is 28.2 Å². The summed E-state index contributed by atoms with van der Waals surface area (Å²) in [6.45, 7) is 0. The van der Waals surface area contributed by atoms with Crippen molar-refractivity contribution in [2.75, 3.05) is 0 Å². The van der Waals surface area contributed by atoms with E-state index in [-0.39, 0.29) is 0 Å². The Morgan fingerprint density at radius 3 is 1.27 bits per heavy atom. The Kier molecular flexibility index (Phi) is 7.11. The predicted molar refractivity (Wildman–Crippen MR) is 267 cm³/mol. The van der Waals surface area contributed by atoms with E-state index in [1.807, 2.05) is 0 Å². The van der Waals surface area contributed by atoms with Gasteiger partial charge in [0, 0.05) is 49.1 Å². The predicted octanol–water partition coefficient (Wildman–Crippen LogP) is 16.1. The molecule has 0 atom stereocenters. The van der Waals surface area contributed by atoms with Crippen LogP contribution in [-0.4, -0.2) is 13.7 Å². The molecule has 3 aromatic heterocycles. The number of rotatable bonds is 4. The molecule has 0 amide bonds. The molecule has 63 heavy (non-hydrogen) atoms. The lowest BCUT2D eigenvalue weighted by Gasteiger charge is -2.13. The minimum atomic E-state index is 1.16. The van der Waals surface area contributed by atoms with Gasteiger partial charge in [-0.1, -0.05) is 146 Å². The number of para-hydroxylation sites is 2. The summed E-state index contributed by atoms with van der Waals surface area (Å²) in [5.74, 6) is 0. The van der Waals surface area contributed by atoms with Crippen LogP contribution in [0.25, 0.3) is 126 Å². The van der Waals surface area contributed by atoms with Gasteiger partial charge in [0.1, 0.15) is 0 Å². The zero-order valence-electron chi connectivity index (χ0n) is 34.2. The first-order valence-electron chi connectivity index (χ1n) is 21.8. The van der Waals surface area contributed by atoms with E-state index in [9.17, 15) is 0 Å². The first-order valence-corrected chi connectivity index (χ1v) is 21.8. The third-order valence-electron chi connectivity index (χ3n) is 13.6. The fraction of sp³-hybridized carbons (Fsp3) is 0. The summed E-state index contributed by atoms with van der Waals surface area (Å²) in [5, 5.41) is 14.9. The van der Waals surface area contributed by atoms with Crippen LogP contribution < -0.4 is 0 Å². The fourth-order valence-electron chi connectivity index (χ4n) is 10.7. The van der Waals surface area contributed by atoms with E-state index in [4.69, 9.17) is 0 Å². The second-order valence-electron chi connectivity index (χ2n) is 17.0. The highest BCUT2D eigenvalue weighted by Crippen LogP contribution is 2.43. The highest BCUT2D eigenvalue weighted by atomic mass is 15.0. The average Bonchev–Trinajstić information content (AvgIpc) is 3.97. The molecule has 3 nitrogen and oxygen atoms in total. The van der Waals surface area contributed by atoms with E-state index < -0.39 is 0 Å². The topological polar surface area (TPSA) is 14.8 Å². The Morgan fingerprint density at radius 2 is 0.635 bits per heavy atom. The molecule has 0 aliphatic heterocycles. The maximum atomic E-state index is 2.50. The van der Waals surface area contributed by atoms with Gasteiger partial charge < -0.3 is 13.7 Å². The van der Waals surface area contributed by atoms with Gasteiger partial charge in [-0.2, -0.15) is 0 Å². The van der Waals surface area contributed by atoms with Gasteiger partial charge in [-0.25, -0.2) is 0 Å². The van der Waals surface area contributed by atoms with Gasteiger partial charge in [-0.3, -0.25) is 0 Å². The van der Waals surface area contributed by atoms with Crippen molar-refractivity contribution < 1.29 is 0 Å². The number of hydrogen-bond acceptors (Lipinski definition) is 0. The first kappa shape index (κ1) is 34.3. The minimum absolute atomic E-state index is 1.16. The highest BCUT2D eigenvalue weighted by molar-refractivity contribution is 6.20. The lowest BCUT2D eigenvalue weighted by atomic mass is 10.00. The summed E-state index contributed by atoms with van der Waals surface area (Å²) in [6, 6.07) is 83.0. The molecule has 0 N–H and O–H groups in total. The molecule has 0 saturated carbocycles. The normalized spacial score (nSPS) is 12.1. The van der Waals surface area contributed by atoms with Crippen LogP contribution in [0.4, 0.5) is 0 Å². The van der Waals surface area contributed by atoms with Crippen LogP contribution in [0.5, 0.6) is 0 Å². The minimum Gasteiger partial charge on any atom is -0.309 e. The highest BCUT2D eigenvalue weighted by Gasteiger charge is 2.21. The summed E-state index contributed by atoms with van der Waals surface area (Å²) in [4.78, 5) is 0. The molecule has 0 aliphatic rings. The SMILES string of the molecule is c1ccc2cc(-n3c4ccccc4c4cc(-c5ccc6c(c5)c5cc7c8ccccc8n(-c8ccc9ccccc9c8)c7cc5n6-c5cccc6ccccc56)ccc43)ccc2c1. The maximum Gasteiger partial charge on any atom is 0.0562 e. The van der Waals surface area contributed by atoms with Crippen molar-refractivity contribution in [3.05, 3.63) is 224 Å². The van der Waals surface area contributed by atoms with E-state index in [2.05, 4.69) is 238 Å². The maximum absolute atomic E-state index is 2.50. The third kappa shape index (κ3) is 5.02. The molecule has 292 valence electrons. The lowest BCUT2D eigenvalue weighted by Crippen LogP contribution is -1.97. The molecule has 3 heteroatoms. The summed E-state index contributed by atoms with van der Waals surface area (Å²) in [5.41, 5.74) is 13.1. The van der Waals surface area contributed by atoms with Crippen LogP contribution in [0.2, 0.25) is 0 Å². The Morgan fingerprint density at radius 1 is 0.206 bits per heavy atom. The lowest BCUT2D eigenvalue weighted by molar-refractivity contribution is 1.17. The van der Waals surface area contributed by atoms with Crippen LogP contribution >= 0.6 is 0 Å². The van der Waals surface area contributed by atoms with Crippen LogP contribution in [-0.2, 0) is 0 Å². The van der Waals surface area contributed by atoms with Gasteiger partial charge in [-0.05, 0) is 117 Å². The van der Waals surface area contributed by atoms with Crippen molar-refractivity contribution in [1.82, 2.24) is 13.7 Å². The average molecular weight is 800 g/mol. The van der Waals surface area contributed by atoms with Crippen molar-refractivity contribution in [3.63, 3.8) is 0 Å². The second-order valence-corrected chi connectivity index (χ2v) is 17.0. The standard InChI is InChI=1S/C60H37N3/c1-3-15-41-32-45(28-24-38(41)12-1)61-55-21-9-7-19-48(55)50-34-43(26-30-57(50)61)44-27-31-58-51(35-44)53-36-52-49-20-8-10-22-56(49)62(46-29-25-39-13-2-4-16-42(39)33-46)59(52)37-60(53)63(58)54-23-11-17-40-14-5-6-18-47(40)54/h1-37H. The van der Waals surface area contributed by atoms with Gasteiger partial charge in [0.15, 0.2) is 0 Å². The van der Waals surface area contributed by atoms with Crippen LogP contribution in [0.3, 0.4) is 0 Å². The quantitative estimate of drug-likeness (QED) is 0.168. The van der Waals surface area contributed by atoms with Crippen LogP contribution in [0, 0.1) is 0 Å². The number of benzene rings is 11. The van der Waals surface area contributed by atoms with Crippen molar-refractivity contribution in [2.45, 2.75) is 0 Å². The van der Waals surface area contributed by atoms with Crippen molar-refractivity contribution >= 4 is 97.7 Å². The Labute approximate surface area is 362 Å². The van der Waals surface area contributed by atoms with E-state index in [1.165, 1.54) is 120 Å². The van der Waals surface area contributed by atoms with Crippen molar-refractivity contribution in [1.29, 1.82) is 0 Å². The molecule has 0 unspecified atom stereocenters. The van der Waals surface area contributed by atoms with E-state index in [1.54, 1.807) is 0 Å². The molecule has 0 fully saturated rings. The first-order chi connectivity index (χ1) is 31.2. The van der Waals surface area contributed by atoms with Crippen molar-refractivity contribution in [2.24, 2.45) is 0 Å². The Balaban J connectivity index is 1.03. The molecular formula is C60H37N3. The van der Waals surface area contributed by atoms with Crippen LogP contribution in [0.15, 0.2) is 224 Å². The van der Waals surface area contributed by atoms with E-state index >= 15 is 0 Å². The Hall–Kier alpha value is -8.40. The zero-order valence-corrected chi connectivity index (χ0v) is 34.2. The number of nitrogens with zero attached hydrogens (tertiary/aromatic N) is 3. The van der Waals surface area contributed by atoms with Gasteiger partial charge in [0.25, 0.3) is 0 Å². The summed E-state index contributed by atoms with van der Waals surface area (Å²) in [7, 11) is 0. The fourth-order valence-corrected chi connectivity index (χ4v) is 10.7. The molecule has 11 aromatic carbocycles. The molecule has 0 spiro atoms. The van der Waals surface area contributed by atoms with Gasteiger partial charge in [0.2, 0.25) is 0 Å².